The molecule has 114 valence electrons. The molecule has 0 N–H and O–H groups in total. The van der Waals surface area contributed by atoms with Crippen LogP contribution < -0.4 is 4.74 Å². The minimum atomic E-state index is -0.501. The molecule has 2 aromatic rings. The van der Waals surface area contributed by atoms with Crippen LogP contribution in [0.4, 0.5) is 0 Å². The quantitative estimate of drug-likeness (QED) is 0.435. The van der Waals surface area contributed by atoms with Gasteiger partial charge in [0.1, 0.15) is 5.75 Å². The first-order valence-corrected chi connectivity index (χ1v) is 8.34. The van der Waals surface area contributed by atoms with Gasteiger partial charge in [-0.25, -0.2) is 0 Å². The van der Waals surface area contributed by atoms with Crippen molar-refractivity contribution in [2.45, 2.75) is 18.2 Å². The van der Waals surface area contributed by atoms with Gasteiger partial charge in [-0.3, -0.25) is 9.59 Å². The van der Waals surface area contributed by atoms with Crippen LogP contribution in [0.15, 0.2) is 53.4 Å². The molecule has 0 aliphatic rings. The summed E-state index contributed by atoms with van der Waals surface area (Å²) < 4.78 is 5.46. The average molecular weight is 314 g/mol. The van der Waals surface area contributed by atoms with Crippen LogP contribution in [-0.2, 0) is 0 Å². The Morgan fingerprint density at radius 1 is 0.909 bits per heavy atom. The van der Waals surface area contributed by atoms with Crippen LogP contribution in [0.3, 0.4) is 0 Å². The van der Waals surface area contributed by atoms with Gasteiger partial charge in [0.05, 0.1) is 6.61 Å². The molecule has 4 heteroatoms. The smallest absolute Gasteiger partial charge is 0.233 e. The highest BCUT2D eigenvalue weighted by Gasteiger charge is 2.18. The maximum atomic E-state index is 12.2. The maximum absolute atomic E-state index is 12.2. The molecular formula is C18H18O3S. The number of ketones is 2. The molecule has 2 rings (SSSR count). The van der Waals surface area contributed by atoms with Crippen molar-refractivity contribution in [3.05, 3.63) is 59.7 Å². The van der Waals surface area contributed by atoms with E-state index < -0.39 is 11.6 Å². The molecular weight excluding hydrogens is 296 g/mol. The van der Waals surface area contributed by atoms with Crippen molar-refractivity contribution in [1.82, 2.24) is 0 Å². The Kier molecular flexibility index (Phi) is 5.78. The summed E-state index contributed by atoms with van der Waals surface area (Å²) in [7, 11) is 0. The van der Waals surface area contributed by atoms with Gasteiger partial charge >= 0.3 is 0 Å². The second-order valence-corrected chi connectivity index (χ2v) is 5.64. The van der Waals surface area contributed by atoms with E-state index in [0.29, 0.717) is 23.5 Å². The zero-order chi connectivity index (χ0) is 15.9. The van der Waals surface area contributed by atoms with Gasteiger partial charge in [0.2, 0.25) is 11.6 Å². The van der Waals surface area contributed by atoms with Gasteiger partial charge in [0.15, 0.2) is 0 Å². The predicted octanol–water partition coefficient (Wildman–Crippen LogP) is 4.26. The molecule has 0 atom stereocenters. The molecule has 0 radical (unpaired) electrons. The van der Waals surface area contributed by atoms with Crippen LogP contribution in [0.2, 0.25) is 0 Å². The molecule has 0 aromatic heterocycles. The van der Waals surface area contributed by atoms with E-state index in [-0.39, 0.29) is 0 Å². The normalized spacial score (nSPS) is 10.3. The first-order chi connectivity index (χ1) is 10.7. The molecule has 0 aliphatic carbocycles. The number of rotatable bonds is 7. The molecule has 0 aliphatic heterocycles. The number of thioether (sulfide) groups is 1. The zero-order valence-electron chi connectivity index (χ0n) is 12.7. The van der Waals surface area contributed by atoms with E-state index in [1.54, 1.807) is 48.2 Å². The van der Waals surface area contributed by atoms with E-state index in [9.17, 15) is 9.59 Å². The number of ether oxygens (including phenoxy) is 1. The van der Waals surface area contributed by atoms with Crippen LogP contribution >= 0.6 is 11.8 Å². The number of hydrogen-bond acceptors (Lipinski definition) is 4. The summed E-state index contributed by atoms with van der Waals surface area (Å²) in [6, 6.07) is 13.7. The highest BCUT2D eigenvalue weighted by Crippen LogP contribution is 2.17. The Morgan fingerprint density at radius 3 is 1.86 bits per heavy atom. The van der Waals surface area contributed by atoms with Gasteiger partial charge in [-0.1, -0.05) is 6.92 Å². The number of hydrogen-bond donors (Lipinski definition) is 0. The summed E-state index contributed by atoms with van der Waals surface area (Å²) >= 11 is 1.59. The molecule has 0 saturated carbocycles. The van der Waals surface area contributed by atoms with Crippen molar-refractivity contribution in [3.63, 3.8) is 0 Å². The van der Waals surface area contributed by atoms with E-state index in [0.717, 1.165) is 11.3 Å². The standard InChI is InChI=1S/C18H18O3S/c1-3-12-21-15-8-4-13(5-9-15)17(19)18(20)14-6-10-16(22-2)11-7-14/h4-11H,3,12H2,1-2H3. The first-order valence-electron chi connectivity index (χ1n) is 7.11. The van der Waals surface area contributed by atoms with E-state index in [4.69, 9.17) is 4.74 Å². The van der Waals surface area contributed by atoms with Crippen LogP contribution in [-0.4, -0.2) is 24.4 Å². The number of carbonyl (C=O) groups is 2. The highest BCUT2D eigenvalue weighted by molar-refractivity contribution is 7.98. The first kappa shape index (κ1) is 16.3. The summed E-state index contributed by atoms with van der Waals surface area (Å²) in [6.45, 7) is 2.66. The van der Waals surface area contributed by atoms with E-state index in [1.807, 2.05) is 25.3 Å². The lowest BCUT2D eigenvalue weighted by Crippen LogP contribution is -2.14. The van der Waals surface area contributed by atoms with Gasteiger partial charge in [0.25, 0.3) is 0 Å². The molecule has 2 aromatic carbocycles. The topological polar surface area (TPSA) is 43.4 Å². The van der Waals surface area contributed by atoms with Crippen molar-refractivity contribution in [3.8, 4) is 5.75 Å². The SMILES string of the molecule is CCCOc1ccc(C(=O)C(=O)c2ccc(SC)cc2)cc1. The van der Waals surface area contributed by atoms with Crippen LogP contribution in [0.5, 0.6) is 5.75 Å². The molecule has 0 heterocycles. The van der Waals surface area contributed by atoms with Gasteiger partial charge in [-0.05, 0) is 61.2 Å². The summed E-state index contributed by atoms with van der Waals surface area (Å²) in [5, 5.41) is 0. The molecule has 0 bridgehead atoms. The fraction of sp³-hybridized carbons (Fsp3) is 0.222. The Balaban J connectivity index is 2.10. The third kappa shape index (κ3) is 3.98. The molecule has 0 amide bonds. The van der Waals surface area contributed by atoms with Crippen LogP contribution in [0.1, 0.15) is 34.1 Å². The largest absolute Gasteiger partial charge is 0.494 e. The fourth-order valence-corrected chi connectivity index (χ4v) is 2.34. The van der Waals surface area contributed by atoms with Crippen molar-refractivity contribution >= 4 is 23.3 Å². The number of carbonyl (C=O) groups excluding carboxylic acids is 2. The summed E-state index contributed by atoms with van der Waals surface area (Å²) in [5.74, 6) is -0.288. The minimum absolute atomic E-state index is 0.378. The fourth-order valence-electron chi connectivity index (χ4n) is 1.93. The number of benzene rings is 2. The third-order valence-corrected chi connectivity index (χ3v) is 3.89. The second-order valence-electron chi connectivity index (χ2n) is 4.76. The van der Waals surface area contributed by atoms with Crippen LogP contribution in [0.25, 0.3) is 0 Å². The Hall–Kier alpha value is -2.07. The molecule has 0 fully saturated rings. The molecule has 0 unspecified atom stereocenters. The summed E-state index contributed by atoms with van der Waals surface area (Å²) in [5.41, 5.74) is 0.789. The van der Waals surface area contributed by atoms with Gasteiger partial charge in [-0.2, -0.15) is 0 Å². The summed E-state index contributed by atoms with van der Waals surface area (Å²) in [4.78, 5) is 25.5. The monoisotopic (exact) mass is 314 g/mol. The molecule has 0 spiro atoms. The van der Waals surface area contributed by atoms with Gasteiger partial charge < -0.3 is 4.74 Å². The molecule has 22 heavy (non-hydrogen) atoms. The van der Waals surface area contributed by atoms with Crippen molar-refractivity contribution in [2.24, 2.45) is 0 Å². The minimum Gasteiger partial charge on any atom is -0.494 e. The maximum Gasteiger partial charge on any atom is 0.233 e. The predicted molar refractivity (Wildman–Crippen MR) is 89.1 cm³/mol. The van der Waals surface area contributed by atoms with Crippen molar-refractivity contribution in [2.75, 3.05) is 12.9 Å². The summed E-state index contributed by atoms with van der Waals surface area (Å²) in [6.07, 6.45) is 2.88. The Labute approximate surface area is 134 Å². The lowest BCUT2D eigenvalue weighted by molar-refractivity contribution is 0.0817. The zero-order valence-corrected chi connectivity index (χ0v) is 13.5. The van der Waals surface area contributed by atoms with Crippen molar-refractivity contribution < 1.29 is 14.3 Å². The highest BCUT2D eigenvalue weighted by atomic mass is 32.2. The third-order valence-electron chi connectivity index (χ3n) is 3.15. The Morgan fingerprint density at radius 2 is 1.41 bits per heavy atom. The average Bonchev–Trinajstić information content (AvgIpc) is 2.59. The van der Waals surface area contributed by atoms with Crippen LogP contribution in [0, 0.1) is 0 Å². The van der Waals surface area contributed by atoms with E-state index in [1.165, 1.54) is 0 Å². The van der Waals surface area contributed by atoms with E-state index in [2.05, 4.69) is 0 Å². The van der Waals surface area contributed by atoms with E-state index >= 15 is 0 Å². The molecule has 0 saturated heterocycles. The van der Waals surface area contributed by atoms with Gasteiger partial charge in [0, 0.05) is 16.0 Å². The van der Waals surface area contributed by atoms with Crippen molar-refractivity contribution in [1.29, 1.82) is 0 Å². The lowest BCUT2D eigenvalue weighted by atomic mass is 10.0. The second kappa shape index (κ2) is 7.80. The van der Waals surface area contributed by atoms with Gasteiger partial charge in [-0.15, -0.1) is 11.8 Å². The lowest BCUT2D eigenvalue weighted by Gasteiger charge is -2.05. The molecule has 3 nitrogen and oxygen atoms in total. The Bertz CT molecular complexity index is 645. The number of Topliss-reactive ketones (excluding diaryl/α,β-unsaturated/α-hetero) is 2.